The first kappa shape index (κ1) is 44.8. The van der Waals surface area contributed by atoms with Crippen molar-refractivity contribution >= 4 is 71.1 Å². The molecule has 0 N–H and O–H groups in total. The second-order valence-corrected chi connectivity index (χ2v) is 21.1. The highest BCUT2D eigenvalue weighted by atomic mass is 16.5. The van der Waals surface area contributed by atoms with Crippen molar-refractivity contribution < 1.29 is 4.74 Å². The molecule has 0 saturated heterocycles. The Hall–Kier alpha value is -11.3. The number of hydrogen-bond acceptors (Lipinski definition) is 4. The Labute approximate surface area is 464 Å². The van der Waals surface area contributed by atoms with Gasteiger partial charge in [0.2, 0.25) is 0 Å². The SMILES string of the molecule is [C-]#[N+]c1ccc2c(c1)c1cc(-c3ccc4c(c3)Oc3ccc(-c5ccc6c(c5)c5cc(C#N)ccc5n6-c5ccc(-n6c7ccccc7c7ccccc76)cc5)cc3C43c4cccnc4-c4ncccc43)ccc1n2-c1ccccc1. The van der Waals surface area contributed by atoms with Crippen molar-refractivity contribution in [2.45, 2.75) is 5.41 Å². The highest BCUT2D eigenvalue weighted by Crippen LogP contribution is 2.62. The fourth-order valence-electron chi connectivity index (χ4n) is 13.6. The molecule has 0 bridgehead atoms. The van der Waals surface area contributed by atoms with E-state index in [-0.39, 0.29) is 0 Å². The molecule has 0 amide bonds. The third kappa shape index (κ3) is 6.27. The molecule has 10 aromatic carbocycles. The summed E-state index contributed by atoms with van der Waals surface area (Å²) in [6.45, 7) is 7.86. The minimum Gasteiger partial charge on any atom is -0.457 e. The fraction of sp³-hybridized carbons (Fsp3) is 0.0137. The number of rotatable bonds is 5. The van der Waals surface area contributed by atoms with Gasteiger partial charge in [-0.2, -0.15) is 5.26 Å². The van der Waals surface area contributed by atoms with Crippen molar-refractivity contribution in [3.05, 3.63) is 288 Å². The van der Waals surface area contributed by atoms with Crippen molar-refractivity contribution in [1.29, 1.82) is 5.26 Å². The lowest BCUT2D eigenvalue weighted by Crippen LogP contribution is -2.32. The standard InChI is InChI=1S/C73H41N7O/c1-75-49-24-33-68-58(42-49)57-39-46(22-32-67(57)78(68)50-11-3-2-4-12-50)48-20-29-59-70(41-48)81-69-34-23-47(40-62(69)73(59)60-15-9-35-76-71(60)72-61(73)16-10-36-77-72)45-21-31-66-56(38-45)55-37-44(43-74)19-30-65(55)80(66)52-27-25-51(26-28-52)79-63-17-7-5-13-53(63)54-14-6-8-18-64(54)79/h2-42H. The molecular formula is C73H41N7O. The average molecular weight is 1030 g/mol. The number of fused-ring (bicyclic) bond motifs is 18. The highest BCUT2D eigenvalue weighted by Gasteiger charge is 2.52. The third-order valence-corrected chi connectivity index (χ3v) is 17.0. The largest absolute Gasteiger partial charge is 0.457 e. The van der Waals surface area contributed by atoms with Crippen LogP contribution in [0, 0.1) is 17.9 Å². The molecule has 374 valence electrons. The molecule has 1 aliphatic carbocycles. The molecule has 0 fully saturated rings. The summed E-state index contributed by atoms with van der Waals surface area (Å²) in [6, 6.07) is 85.7. The first-order chi connectivity index (χ1) is 40.0. The lowest BCUT2D eigenvalue weighted by molar-refractivity contribution is 0.436. The lowest BCUT2D eigenvalue weighted by atomic mass is 9.66. The Morgan fingerprint density at radius 2 is 0.864 bits per heavy atom. The summed E-state index contributed by atoms with van der Waals surface area (Å²) in [7, 11) is 0. The van der Waals surface area contributed by atoms with Crippen LogP contribution in [0.25, 0.3) is 121 Å². The molecule has 17 rings (SSSR count). The molecule has 81 heavy (non-hydrogen) atoms. The van der Waals surface area contributed by atoms with Crippen molar-refractivity contribution in [1.82, 2.24) is 23.7 Å². The maximum absolute atomic E-state index is 10.2. The second kappa shape index (κ2) is 16.8. The lowest BCUT2D eigenvalue weighted by Gasteiger charge is -2.39. The zero-order valence-corrected chi connectivity index (χ0v) is 43.2. The van der Waals surface area contributed by atoms with E-state index in [0.29, 0.717) is 11.3 Å². The van der Waals surface area contributed by atoms with Gasteiger partial charge >= 0.3 is 0 Å². The van der Waals surface area contributed by atoms with Crippen LogP contribution in [0.15, 0.2) is 249 Å². The Balaban J connectivity index is 0.810. The van der Waals surface area contributed by atoms with Crippen LogP contribution in [-0.4, -0.2) is 23.7 Å². The van der Waals surface area contributed by atoms with Crippen LogP contribution in [0.2, 0.25) is 0 Å². The van der Waals surface area contributed by atoms with Gasteiger partial charge in [0.25, 0.3) is 0 Å². The van der Waals surface area contributed by atoms with E-state index in [4.69, 9.17) is 21.3 Å². The van der Waals surface area contributed by atoms with E-state index < -0.39 is 5.41 Å². The van der Waals surface area contributed by atoms with Gasteiger partial charge in [0.15, 0.2) is 5.69 Å². The maximum atomic E-state index is 10.2. The summed E-state index contributed by atoms with van der Waals surface area (Å²) in [5.41, 5.74) is 20.0. The van der Waals surface area contributed by atoms with Gasteiger partial charge in [0.1, 0.15) is 11.5 Å². The van der Waals surface area contributed by atoms with Gasteiger partial charge in [-0.1, -0.05) is 103 Å². The van der Waals surface area contributed by atoms with E-state index in [1.165, 1.54) is 21.8 Å². The molecule has 5 aromatic heterocycles. The maximum Gasteiger partial charge on any atom is 0.188 e. The number of pyridine rings is 2. The number of benzene rings is 10. The Morgan fingerprint density at radius 3 is 1.47 bits per heavy atom. The van der Waals surface area contributed by atoms with Crippen molar-refractivity contribution in [2.24, 2.45) is 0 Å². The van der Waals surface area contributed by atoms with E-state index in [0.717, 1.165) is 128 Å². The first-order valence-corrected chi connectivity index (χ1v) is 27.0. The van der Waals surface area contributed by atoms with Gasteiger partial charge in [0.05, 0.1) is 68.1 Å². The summed E-state index contributed by atoms with van der Waals surface area (Å²) < 4.78 is 14.1. The minimum atomic E-state index is -0.818. The van der Waals surface area contributed by atoms with Crippen LogP contribution in [0.3, 0.4) is 0 Å². The summed E-state index contributed by atoms with van der Waals surface area (Å²) >= 11 is 0. The zero-order chi connectivity index (χ0) is 53.5. The number of nitrogens with zero attached hydrogens (tertiary/aromatic N) is 7. The molecule has 0 atom stereocenters. The monoisotopic (exact) mass is 1030 g/mol. The molecule has 0 radical (unpaired) electrons. The highest BCUT2D eigenvalue weighted by molar-refractivity contribution is 6.13. The predicted octanol–water partition coefficient (Wildman–Crippen LogP) is 18.0. The molecule has 8 nitrogen and oxygen atoms in total. The van der Waals surface area contributed by atoms with Crippen LogP contribution >= 0.6 is 0 Å². The van der Waals surface area contributed by atoms with Crippen molar-refractivity contribution in [3.8, 4) is 68.3 Å². The van der Waals surface area contributed by atoms with Gasteiger partial charge in [0, 0.05) is 67.5 Å². The normalized spacial score (nSPS) is 12.9. The molecule has 1 spiro atoms. The Bertz CT molecular complexity index is 5200. The number of para-hydroxylation sites is 3. The summed E-state index contributed by atoms with van der Waals surface area (Å²) in [5, 5.41) is 16.8. The second-order valence-electron chi connectivity index (χ2n) is 21.1. The number of ether oxygens (including phenoxy) is 1. The van der Waals surface area contributed by atoms with E-state index in [1.54, 1.807) is 0 Å². The smallest absolute Gasteiger partial charge is 0.188 e. The number of hydrogen-bond donors (Lipinski definition) is 0. The van der Waals surface area contributed by atoms with E-state index in [2.05, 4.69) is 219 Å². The van der Waals surface area contributed by atoms with Crippen molar-refractivity contribution in [2.75, 3.05) is 0 Å². The Morgan fingerprint density at radius 1 is 0.383 bits per heavy atom. The fourth-order valence-corrected chi connectivity index (χ4v) is 13.6. The number of nitriles is 1. The topological polar surface area (TPSA) is 77.9 Å². The van der Waals surface area contributed by atoms with Crippen LogP contribution in [0.5, 0.6) is 11.5 Å². The molecule has 0 saturated carbocycles. The average Bonchev–Trinajstić information content (AvgIpc) is 4.05. The molecule has 0 unspecified atom stereocenters. The van der Waals surface area contributed by atoms with Gasteiger partial charge < -0.3 is 18.4 Å². The van der Waals surface area contributed by atoms with E-state index in [1.807, 2.05) is 54.9 Å². The summed E-state index contributed by atoms with van der Waals surface area (Å²) in [4.78, 5) is 13.9. The predicted molar refractivity (Wildman–Crippen MR) is 324 cm³/mol. The Kier molecular flexibility index (Phi) is 9.31. The molecule has 2 aliphatic rings. The molecular weight excluding hydrogens is 991 g/mol. The molecule has 6 heterocycles. The zero-order valence-electron chi connectivity index (χ0n) is 43.2. The molecule has 15 aromatic rings. The van der Waals surface area contributed by atoms with Crippen LogP contribution in [0.1, 0.15) is 27.8 Å². The summed E-state index contributed by atoms with van der Waals surface area (Å²) in [5.74, 6) is 1.51. The van der Waals surface area contributed by atoms with Crippen LogP contribution < -0.4 is 4.74 Å². The van der Waals surface area contributed by atoms with Crippen LogP contribution in [0.4, 0.5) is 5.69 Å². The van der Waals surface area contributed by atoms with E-state index >= 15 is 0 Å². The molecule has 8 heteroatoms. The minimum absolute atomic E-state index is 0.604. The van der Waals surface area contributed by atoms with Gasteiger partial charge in [-0.05, 0) is 172 Å². The van der Waals surface area contributed by atoms with Gasteiger partial charge in [-0.15, -0.1) is 0 Å². The van der Waals surface area contributed by atoms with E-state index in [9.17, 15) is 5.26 Å². The first-order valence-electron chi connectivity index (χ1n) is 27.0. The quantitative estimate of drug-likeness (QED) is 0.161. The van der Waals surface area contributed by atoms with Crippen LogP contribution in [-0.2, 0) is 5.41 Å². The van der Waals surface area contributed by atoms with Gasteiger partial charge in [-0.25, -0.2) is 4.85 Å². The van der Waals surface area contributed by atoms with Crippen molar-refractivity contribution in [3.63, 3.8) is 0 Å². The molecule has 1 aliphatic heterocycles. The van der Waals surface area contributed by atoms with Gasteiger partial charge in [-0.3, -0.25) is 9.97 Å². The number of aromatic nitrogens is 5. The summed E-state index contributed by atoms with van der Waals surface area (Å²) in [6.07, 6.45) is 3.71. The third-order valence-electron chi connectivity index (χ3n) is 17.0.